The average molecular weight is 466 g/mol. The molecule has 0 N–H and O–H groups in total. The van der Waals surface area contributed by atoms with Gasteiger partial charge in [-0.2, -0.15) is 0 Å². The molecule has 1 amide bonds. The van der Waals surface area contributed by atoms with Crippen LogP contribution < -0.4 is 9.64 Å². The molecule has 7 nitrogen and oxygen atoms in total. The van der Waals surface area contributed by atoms with E-state index in [4.69, 9.17) is 13.9 Å². The molecule has 0 aliphatic carbocycles. The van der Waals surface area contributed by atoms with Gasteiger partial charge in [-0.15, -0.1) is 11.3 Å². The molecule has 4 aromatic rings. The normalized spacial score (nSPS) is 10.6. The zero-order valence-corrected chi connectivity index (χ0v) is 18.4. The first kappa shape index (κ1) is 22.2. The first-order valence-corrected chi connectivity index (χ1v) is 10.8. The van der Waals surface area contributed by atoms with Crippen molar-refractivity contribution in [1.29, 1.82) is 0 Å². The minimum atomic E-state index is -0.659. The highest BCUT2D eigenvalue weighted by molar-refractivity contribution is 7.14. The summed E-state index contributed by atoms with van der Waals surface area (Å²) in [5.74, 6) is -0.391. The average Bonchev–Trinajstić information content (AvgIpc) is 3.48. The van der Waals surface area contributed by atoms with E-state index < -0.39 is 11.8 Å². The summed E-state index contributed by atoms with van der Waals surface area (Å²) in [5, 5.41) is 1.91. The van der Waals surface area contributed by atoms with E-state index in [1.807, 2.05) is 30.3 Å². The Balaban J connectivity index is 1.36. The molecule has 0 spiro atoms. The number of esters is 1. The van der Waals surface area contributed by atoms with Crippen LogP contribution in [0.1, 0.15) is 28.9 Å². The van der Waals surface area contributed by atoms with E-state index in [-0.39, 0.29) is 35.7 Å². The van der Waals surface area contributed by atoms with Crippen molar-refractivity contribution in [3.8, 4) is 5.75 Å². The number of hydrogen-bond acceptors (Lipinski definition) is 7. The lowest BCUT2D eigenvalue weighted by atomic mass is 10.3. The molecule has 0 fully saturated rings. The van der Waals surface area contributed by atoms with Crippen molar-refractivity contribution in [3.05, 3.63) is 95.1 Å². The molecule has 2 aromatic carbocycles. The molecule has 0 saturated heterocycles. The van der Waals surface area contributed by atoms with E-state index in [0.717, 1.165) is 11.3 Å². The van der Waals surface area contributed by atoms with Gasteiger partial charge in [-0.05, 0) is 36.4 Å². The number of carbonyl (C=O) groups is 2. The first-order chi connectivity index (χ1) is 16.0. The van der Waals surface area contributed by atoms with Gasteiger partial charge in [0.2, 0.25) is 11.7 Å². The number of thiazole rings is 1. The Morgan fingerprint density at radius 2 is 1.79 bits per heavy atom. The Kier molecular flexibility index (Phi) is 6.80. The Labute approximate surface area is 193 Å². The third-order valence-electron chi connectivity index (χ3n) is 4.48. The fraction of sp³-hybridized carbons (Fsp3) is 0.125. The monoisotopic (exact) mass is 466 g/mol. The number of rotatable bonds is 8. The quantitative estimate of drug-likeness (QED) is 0.319. The van der Waals surface area contributed by atoms with Crippen molar-refractivity contribution in [3.63, 3.8) is 0 Å². The van der Waals surface area contributed by atoms with Gasteiger partial charge in [0.15, 0.2) is 5.13 Å². The summed E-state index contributed by atoms with van der Waals surface area (Å²) in [6.07, 6.45) is 0. The number of hydrogen-bond donors (Lipinski definition) is 0. The van der Waals surface area contributed by atoms with Crippen LogP contribution in [0, 0.1) is 5.82 Å². The van der Waals surface area contributed by atoms with Gasteiger partial charge in [-0.3, -0.25) is 9.69 Å². The second kappa shape index (κ2) is 10.1. The highest BCUT2D eigenvalue weighted by atomic mass is 32.1. The SMILES string of the molecule is CC(=O)N(c1nc(COC(=O)c2ccc(COc3ccccc3)o2)cs1)c1ccccc1F. The number of para-hydroxylation sites is 2. The third kappa shape index (κ3) is 5.45. The molecule has 168 valence electrons. The summed E-state index contributed by atoms with van der Waals surface area (Å²) in [5.41, 5.74) is 0.522. The molecule has 0 aliphatic rings. The van der Waals surface area contributed by atoms with Gasteiger partial charge in [-0.25, -0.2) is 14.2 Å². The summed E-state index contributed by atoms with van der Waals surface area (Å²) < 4.78 is 30.5. The summed E-state index contributed by atoms with van der Waals surface area (Å²) in [6, 6.07) is 18.3. The van der Waals surface area contributed by atoms with E-state index >= 15 is 0 Å². The fourth-order valence-electron chi connectivity index (χ4n) is 2.95. The third-order valence-corrected chi connectivity index (χ3v) is 5.35. The minimum Gasteiger partial charge on any atom is -0.486 e. The van der Waals surface area contributed by atoms with Gasteiger partial charge >= 0.3 is 5.97 Å². The first-order valence-electron chi connectivity index (χ1n) is 9.94. The lowest BCUT2D eigenvalue weighted by Gasteiger charge is -2.18. The smallest absolute Gasteiger partial charge is 0.374 e. The van der Waals surface area contributed by atoms with E-state index in [9.17, 15) is 14.0 Å². The van der Waals surface area contributed by atoms with Crippen LogP contribution in [0.4, 0.5) is 15.2 Å². The van der Waals surface area contributed by atoms with Crippen molar-refractivity contribution >= 4 is 34.0 Å². The van der Waals surface area contributed by atoms with Crippen LogP contribution in [0.2, 0.25) is 0 Å². The zero-order chi connectivity index (χ0) is 23.2. The van der Waals surface area contributed by atoms with Crippen LogP contribution in [0.25, 0.3) is 0 Å². The number of furan rings is 1. The lowest BCUT2D eigenvalue weighted by Crippen LogP contribution is -2.23. The highest BCUT2D eigenvalue weighted by Gasteiger charge is 2.21. The molecule has 0 atom stereocenters. The number of benzene rings is 2. The largest absolute Gasteiger partial charge is 0.486 e. The van der Waals surface area contributed by atoms with E-state index in [2.05, 4.69) is 4.98 Å². The van der Waals surface area contributed by atoms with Crippen molar-refractivity contribution in [1.82, 2.24) is 4.98 Å². The van der Waals surface area contributed by atoms with Crippen LogP contribution in [0.5, 0.6) is 5.75 Å². The van der Waals surface area contributed by atoms with Gasteiger partial charge in [0.05, 0.1) is 11.4 Å². The summed E-state index contributed by atoms with van der Waals surface area (Å²) >= 11 is 1.14. The van der Waals surface area contributed by atoms with E-state index in [0.29, 0.717) is 17.2 Å². The van der Waals surface area contributed by atoms with Gasteiger partial charge < -0.3 is 13.9 Å². The molecule has 9 heteroatoms. The number of ether oxygens (including phenoxy) is 2. The molecule has 4 rings (SSSR count). The van der Waals surface area contributed by atoms with Gasteiger partial charge in [0.1, 0.15) is 30.5 Å². The standard InChI is InChI=1S/C24H19FN2O5S/c1-16(28)27(21-10-6-5-9-20(21)25)24-26-17(15-33-24)13-31-23(29)22-12-11-19(32-22)14-30-18-7-3-2-4-8-18/h2-12,15H,13-14H2,1H3. The maximum absolute atomic E-state index is 14.2. The van der Waals surface area contributed by atoms with Crippen LogP contribution in [-0.4, -0.2) is 16.9 Å². The van der Waals surface area contributed by atoms with Crippen molar-refractivity contribution in [2.45, 2.75) is 20.1 Å². The van der Waals surface area contributed by atoms with Crippen LogP contribution in [0.3, 0.4) is 0 Å². The van der Waals surface area contributed by atoms with Gasteiger partial charge in [0.25, 0.3) is 0 Å². The Morgan fingerprint density at radius 1 is 1.03 bits per heavy atom. The van der Waals surface area contributed by atoms with Gasteiger partial charge in [-0.1, -0.05) is 30.3 Å². The van der Waals surface area contributed by atoms with E-state index in [1.165, 1.54) is 36.1 Å². The molecule has 0 bridgehead atoms. The highest BCUT2D eigenvalue weighted by Crippen LogP contribution is 2.31. The number of halogens is 1. The van der Waals surface area contributed by atoms with E-state index in [1.54, 1.807) is 17.5 Å². The second-order valence-corrected chi connectivity index (χ2v) is 7.71. The number of anilines is 2. The Morgan fingerprint density at radius 3 is 2.55 bits per heavy atom. The van der Waals surface area contributed by atoms with Crippen molar-refractivity contribution in [2.24, 2.45) is 0 Å². The van der Waals surface area contributed by atoms with Crippen LogP contribution in [0.15, 0.2) is 76.5 Å². The van der Waals surface area contributed by atoms with Crippen LogP contribution >= 0.6 is 11.3 Å². The summed E-state index contributed by atoms with van der Waals surface area (Å²) in [7, 11) is 0. The molecular formula is C24H19FN2O5S. The van der Waals surface area contributed by atoms with Crippen molar-refractivity contribution in [2.75, 3.05) is 4.90 Å². The molecule has 0 unspecified atom stereocenters. The zero-order valence-electron chi connectivity index (χ0n) is 17.6. The number of carbonyl (C=O) groups excluding carboxylic acids is 2. The predicted molar refractivity (Wildman–Crippen MR) is 120 cm³/mol. The van der Waals surface area contributed by atoms with Crippen LogP contribution in [-0.2, 0) is 22.7 Å². The topological polar surface area (TPSA) is 81.9 Å². The number of nitrogens with zero attached hydrogens (tertiary/aromatic N) is 2. The summed E-state index contributed by atoms with van der Waals surface area (Å²) in [4.78, 5) is 29.9. The maximum atomic E-state index is 14.2. The summed E-state index contributed by atoms with van der Waals surface area (Å²) in [6.45, 7) is 1.36. The maximum Gasteiger partial charge on any atom is 0.374 e. The Bertz CT molecular complexity index is 1250. The minimum absolute atomic E-state index is 0.0360. The molecule has 0 aliphatic heterocycles. The number of aromatic nitrogens is 1. The molecular weight excluding hydrogens is 447 g/mol. The second-order valence-electron chi connectivity index (χ2n) is 6.87. The lowest BCUT2D eigenvalue weighted by molar-refractivity contribution is -0.115. The van der Waals surface area contributed by atoms with Gasteiger partial charge in [0, 0.05) is 12.3 Å². The molecule has 0 saturated carbocycles. The molecule has 2 aromatic heterocycles. The number of amides is 1. The predicted octanol–water partition coefficient (Wildman–Crippen LogP) is 5.50. The molecule has 2 heterocycles. The Hall–Kier alpha value is -3.98. The fourth-order valence-corrected chi connectivity index (χ4v) is 3.82. The molecule has 33 heavy (non-hydrogen) atoms. The molecule has 0 radical (unpaired) electrons. The van der Waals surface area contributed by atoms with Crippen molar-refractivity contribution < 1.29 is 27.9 Å².